The van der Waals surface area contributed by atoms with Gasteiger partial charge >= 0.3 is 0 Å². The largest absolute Gasteiger partial charge is 0.396 e. The molecule has 0 bridgehead atoms. The molecule has 0 fully saturated rings. The molecule has 0 aliphatic carbocycles. The molecule has 2 aromatic carbocycles. The van der Waals surface area contributed by atoms with Crippen molar-refractivity contribution in [1.29, 1.82) is 10.7 Å². The van der Waals surface area contributed by atoms with Crippen LogP contribution in [0.3, 0.4) is 0 Å². The number of benzene rings is 2. The van der Waals surface area contributed by atoms with Crippen LogP contribution in [0.1, 0.15) is 57.7 Å². The zero-order chi connectivity index (χ0) is 31.1. The molecule has 0 saturated heterocycles. The monoisotopic (exact) mass is 568 g/mol. The number of nitrogens with zero attached hydrogens (tertiary/aromatic N) is 2. The number of aromatic nitrogens is 1. The standard InChI is InChI=1S/C30H31FN8O.C2H6/c1-5-16(3)24-25-20(14-33)26(34)21(31)12-23(25)38-27(24)28(29(35)40)37-17(4)19-9-8-15(2)11-22(19)39-30-18(13-32)7-6-10-36-30;1-2/h6-12,14,30,33,36,38-39H,5,34H2,1-4H3,(H2,35,40);1-2H3/b24-16+,28-27+,33-14?,37-17?;. The van der Waals surface area contributed by atoms with E-state index in [1.54, 1.807) is 25.3 Å². The number of hydrogen-bond acceptors (Lipinski definition) is 7. The zero-order valence-electron chi connectivity index (χ0n) is 24.7. The number of primary amides is 1. The Balaban J connectivity index is 0.00000237. The number of aromatic amines is 1. The van der Waals surface area contributed by atoms with Gasteiger partial charge in [0.05, 0.1) is 28.2 Å². The normalized spacial score (nSPS) is 15.9. The highest BCUT2D eigenvalue weighted by Crippen LogP contribution is 2.24. The van der Waals surface area contributed by atoms with Crippen molar-refractivity contribution in [2.24, 2.45) is 10.7 Å². The number of fused-ring (bicyclic) bond motifs is 1. The fraction of sp³-hybridized carbons (Fsp3) is 0.250. The number of carbonyl (C=O) groups excluding carboxylic acids is 1. The lowest BCUT2D eigenvalue weighted by molar-refractivity contribution is -0.113. The van der Waals surface area contributed by atoms with Crippen molar-refractivity contribution in [2.45, 2.75) is 54.1 Å². The summed E-state index contributed by atoms with van der Waals surface area (Å²) in [6.45, 7) is 11.6. The maximum absolute atomic E-state index is 14.6. The maximum atomic E-state index is 14.6. The highest BCUT2D eigenvalue weighted by Gasteiger charge is 2.20. The molecular weight excluding hydrogens is 531 g/mol. The fourth-order valence-electron chi connectivity index (χ4n) is 4.73. The van der Waals surface area contributed by atoms with Crippen LogP contribution in [-0.4, -0.2) is 29.0 Å². The zero-order valence-corrected chi connectivity index (χ0v) is 24.7. The van der Waals surface area contributed by atoms with E-state index in [4.69, 9.17) is 21.9 Å². The Morgan fingerprint density at radius 2 is 2.00 bits per heavy atom. The van der Waals surface area contributed by atoms with Gasteiger partial charge in [-0.3, -0.25) is 4.79 Å². The van der Waals surface area contributed by atoms with Crippen molar-refractivity contribution in [3.8, 4) is 6.07 Å². The van der Waals surface area contributed by atoms with Gasteiger partial charge in [-0.1, -0.05) is 38.5 Å². The molecule has 218 valence electrons. The van der Waals surface area contributed by atoms with Crippen LogP contribution in [0.25, 0.3) is 22.2 Å². The van der Waals surface area contributed by atoms with Gasteiger partial charge in [0.15, 0.2) is 5.70 Å². The predicted octanol–water partition coefficient (Wildman–Crippen LogP) is 4.21. The van der Waals surface area contributed by atoms with Crippen LogP contribution in [0, 0.1) is 29.5 Å². The summed E-state index contributed by atoms with van der Waals surface area (Å²) in [5, 5.41) is 25.4. The molecule has 2 heterocycles. The molecule has 1 aromatic heterocycles. The van der Waals surface area contributed by atoms with E-state index in [2.05, 4.69) is 21.7 Å². The van der Waals surface area contributed by atoms with Crippen molar-refractivity contribution in [1.82, 2.24) is 10.3 Å². The lowest BCUT2D eigenvalue weighted by Crippen LogP contribution is -2.36. The van der Waals surface area contributed by atoms with E-state index in [0.717, 1.165) is 17.4 Å². The Kier molecular flexibility index (Phi) is 10.0. The van der Waals surface area contributed by atoms with Crippen LogP contribution < -0.4 is 32.7 Å². The van der Waals surface area contributed by atoms with Gasteiger partial charge in [-0.25, -0.2) is 9.38 Å². The third-order valence-electron chi connectivity index (χ3n) is 6.91. The summed E-state index contributed by atoms with van der Waals surface area (Å²) in [5.41, 5.74) is 16.5. The number of amides is 1. The number of allylic oxidation sites excluding steroid dienone is 2. The molecule has 1 aliphatic heterocycles. The van der Waals surface area contributed by atoms with Crippen LogP contribution in [0.5, 0.6) is 0 Å². The van der Waals surface area contributed by atoms with Crippen molar-refractivity contribution < 1.29 is 9.18 Å². The van der Waals surface area contributed by atoms with E-state index in [1.807, 2.05) is 52.8 Å². The number of carbonyl (C=O) groups is 1. The first-order chi connectivity index (χ1) is 20.1. The van der Waals surface area contributed by atoms with Crippen LogP contribution in [0.4, 0.5) is 15.8 Å². The first kappa shape index (κ1) is 31.4. The summed E-state index contributed by atoms with van der Waals surface area (Å²) in [6, 6.07) is 9.16. The lowest BCUT2D eigenvalue weighted by atomic mass is 10.0. The summed E-state index contributed by atoms with van der Waals surface area (Å²) in [7, 11) is 0. The SMILES string of the molecule is CC.CC/C(C)=c1/c(=C(\N=C(C)c2ccc(C)cc2NC2NC=CC=C2C#N)C(N)=O)[nH]c2cc(F)c(N)c(C=N)c12. The quantitative estimate of drug-likeness (QED) is 0.185. The summed E-state index contributed by atoms with van der Waals surface area (Å²) in [6.07, 6.45) is 6.40. The number of dihydropyridines is 1. The molecule has 0 radical (unpaired) electrons. The first-order valence-corrected chi connectivity index (χ1v) is 13.7. The number of H-pyrrole nitrogens is 1. The maximum Gasteiger partial charge on any atom is 0.269 e. The minimum Gasteiger partial charge on any atom is -0.396 e. The van der Waals surface area contributed by atoms with Gasteiger partial charge in [0.25, 0.3) is 5.91 Å². The number of nitrogens with two attached hydrogens (primary N) is 2. The highest BCUT2D eigenvalue weighted by atomic mass is 19.1. The van der Waals surface area contributed by atoms with Crippen LogP contribution in [-0.2, 0) is 4.79 Å². The number of rotatable bonds is 7. The average Bonchev–Trinajstić information content (AvgIpc) is 3.35. The minimum absolute atomic E-state index is 0.0470. The molecule has 4 rings (SSSR count). The van der Waals surface area contributed by atoms with E-state index in [-0.39, 0.29) is 16.9 Å². The van der Waals surface area contributed by atoms with E-state index in [1.165, 1.54) is 6.07 Å². The molecule has 1 amide bonds. The van der Waals surface area contributed by atoms with Crippen molar-refractivity contribution in [2.75, 3.05) is 11.1 Å². The van der Waals surface area contributed by atoms with E-state index in [9.17, 15) is 14.4 Å². The Morgan fingerprint density at radius 3 is 2.62 bits per heavy atom. The molecule has 0 saturated carbocycles. The molecule has 1 atom stereocenters. The predicted molar refractivity (Wildman–Crippen MR) is 170 cm³/mol. The Labute approximate surface area is 244 Å². The Hall–Kier alpha value is -5.17. The third kappa shape index (κ3) is 6.10. The highest BCUT2D eigenvalue weighted by molar-refractivity contribution is 6.17. The molecular formula is C32H37FN8O. The number of nitrogens with one attached hydrogen (secondary N) is 4. The number of aliphatic imine (C=N–C) groups is 1. The minimum atomic E-state index is -0.781. The second-order valence-corrected chi connectivity index (χ2v) is 9.56. The molecule has 10 heteroatoms. The van der Waals surface area contributed by atoms with Gasteiger partial charge in [0.2, 0.25) is 0 Å². The van der Waals surface area contributed by atoms with Gasteiger partial charge in [-0.2, -0.15) is 5.26 Å². The first-order valence-electron chi connectivity index (χ1n) is 13.7. The molecule has 0 spiro atoms. The van der Waals surface area contributed by atoms with Gasteiger partial charge in [0, 0.05) is 45.4 Å². The Bertz CT molecular complexity index is 1800. The summed E-state index contributed by atoms with van der Waals surface area (Å²) < 4.78 is 14.6. The summed E-state index contributed by atoms with van der Waals surface area (Å²) >= 11 is 0. The number of aryl methyl sites for hydroxylation is 1. The van der Waals surface area contributed by atoms with Crippen LogP contribution in [0.2, 0.25) is 0 Å². The third-order valence-corrected chi connectivity index (χ3v) is 6.91. The van der Waals surface area contributed by atoms with Crippen molar-refractivity contribution in [3.05, 3.63) is 81.3 Å². The second-order valence-electron chi connectivity index (χ2n) is 9.56. The molecule has 3 aromatic rings. The van der Waals surface area contributed by atoms with E-state index >= 15 is 0 Å². The molecule has 42 heavy (non-hydrogen) atoms. The number of hydrogen-bond donors (Lipinski definition) is 6. The summed E-state index contributed by atoms with van der Waals surface area (Å²) in [4.78, 5) is 20.7. The number of halogens is 1. The summed E-state index contributed by atoms with van der Waals surface area (Å²) in [5.74, 6) is -1.46. The fourth-order valence-corrected chi connectivity index (χ4v) is 4.73. The second kappa shape index (κ2) is 13.5. The van der Waals surface area contributed by atoms with Crippen LogP contribution in [0.15, 0.2) is 53.2 Å². The Morgan fingerprint density at radius 1 is 1.29 bits per heavy atom. The van der Waals surface area contributed by atoms with E-state index < -0.39 is 17.9 Å². The topological polar surface area (TPSA) is 169 Å². The van der Waals surface area contributed by atoms with Crippen molar-refractivity contribution in [3.63, 3.8) is 0 Å². The number of anilines is 2. The van der Waals surface area contributed by atoms with Crippen LogP contribution >= 0.6 is 0 Å². The molecule has 1 unspecified atom stereocenters. The van der Waals surface area contributed by atoms with Gasteiger partial charge < -0.3 is 32.5 Å². The van der Waals surface area contributed by atoms with Gasteiger partial charge in [0.1, 0.15) is 12.0 Å². The number of nitriles is 1. The van der Waals surface area contributed by atoms with Crippen molar-refractivity contribution >= 4 is 51.4 Å². The van der Waals surface area contributed by atoms with Gasteiger partial charge in [-0.05, 0) is 57.2 Å². The lowest BCUT2D eigenvalue weighted by Gasteiger charge is -2.23. The number of nitrogen functional groups attached to an aromatic ring is 1. The van der Waals surface area contributed by atoms with Gasteiger partial charge in [-0.15, -0.1) is 0 Å². The molecule has 8 N–H and O–H groups in total. The van der Waals surface area contributed by atoms with E-state index in [0.29, 0.717) is 50.4 Å². The average molecular weight is 569 g/mol. The molecule has 9 nitrogen and oxygen atoms in total. The molecule has 1 aliphatic rings. The smallest absolute Gasteiger partial charge is 0.269 e.